The second-order valence-electron chi connectivity index (χ2n) is 9.56. The van der Waals surface area contributed by atoms with Crippen LogP contribution in [0.25, 0.3) is 0 Å². The van der Waals surface area contributed by atoms with Gasteiger partial charge in [-0.2, -0.15) is 0 Å². The molecule has 0 aromatic heterocycles. The van der Waals surface area contributed by atoms with Crippen LogP contribution in [0.2, 0.25) is 0 Å². The number of carbonyl (C=O) groups excluding carboxylic acids is 1. The molecule has 0 amide bonds. The summed E-state index contributed by atoms with van der Waals surface area (Å²) in [6.45, 7) is 7.81. The molecule has 2 spiro atoms. The van der Waals surface area contributed by atoms with E-state index in [9.17, 15) is 25.2 Å². The summed E-state index contributed by atoms with van der Waals surface area (Å²) >= 11 is 0. The van der Waals surface area contributed by atoms with Crippen molar-refractivity contribution in [1.82, 2.24) is 0 Å². The van der Waals surface area contributed by atoms with Gasteiger partial charge in [0.1, 0.15) is 6.10 Å². The zero-order chi connectivity index (χ0) is 18.9. The van der Waals surface area contributed by atoms with Crippen molar-refractivity contribution in [2.24, 2.45) is 34.0 Å². The molecule has 0 aromatic rings. The van der Waals surface area contributed by atoms with Gasteiger partial charge in [0.15, 0.2) is 5.78 Å². The topological polar surface area (TPSA) is 107 Å². The number of carbonyl (C=O) groups is 1. The molecule has 0 aromatic carbocycles. The number of allylic oxidation sites excluding steroid dienone is 2. The molecular weight excluding hydrogens is 336 g/mol. The third kappa shape index (κ3) is 1.37. The van der Waals surface area contributed by atoms with Crippen LogP contribution in [0.5, 0.6) is 0 Å². The standard InChI is InChI=1S/C20H26O6/c1-9-10-4-5-11-18-8-26-20(25,19(11,14(9)22)15(10)23)16(24)13(18)17(2,3)7-6-12(18)21/h6-7,10-11,13-16,22-25H,1,4-5,8H2,2-3H3/t10-,11-,13+,14+,15?,16-,18+,19-,20+/m0/s1. The Kier molecular flexibility index (Phi) is 2.95. The fraction of sp³-hybridized carbons (Fsp3) is 0.750. The Bertz CT molecular complexity index is 757. The Morgan fingerprint density at radius 3 is 2.58 bits per heavy atom. The number of ether oxygens (including phenoxy) is 1. The third-order valence-electron chi connectivity index (χ3n) is 8.46. The van der Waals surface area contributed by atoms with Gasteiger partial charge in [-0.05, 0) is 35.8 Å². The highest BCUT2D eigenvalue weighted by molar-refractivity contribution is 5.97. The van der Waals surface area contributed by atoms with Crippen LogP contribution in [0.3, 0.4) is 0 Å². The van der Waals surface area contributed by atoms with Gasteiger partial charge in [-0.3, -0.25) is 4.79 Å². The number of fused-ring (bicyclic) bond motifs is 2. The predicted octanol–water partition coefficient (Wildman–Crippen LogP) is 0.152. The Labute approximate surface area is 152 Å². The van der Waals surface area contributed by atoms with Crippen molar-refractivity contribution in [3.63, 3.8) is 0 Å². The molecule has 4 aliphatic carbocycles. The first-order chi connectivity index (χ1) is 12.1. The lowest BCUT2D eigenvalue weighted by atomic mass is 9.37. The van der Waals surface area contributed by atoms with Crippen LogP contribution in [0, 0.1) is 34.0 Å². The average Bonchev–Trinajstić information content (AvgIpc) is 2.69. The first kappa shape index (κ1) is 17.1. The van der Waals surface area contributed by atoms with Gasteiger partial charge in [-0.1, -0.05) is 26.5 Å². The number of aliphatic hydroxyl groups excluding tert-OH is 3. The van der Waals surface area contributed by atoms with Gasteiger partial charge in [0, 0.05) is 11.8 Å². The van der Waals surface area contributed by atoms with Crippen molar-refractivity contribution in [1.29, 1.82) is 0 Å². The van der Waals surface area contributed by atoms with E-state index in [2.05, 4.69) is 6.58 Å². The van der Waals surface area contributed by atoms with E-state index in [1.54, 1.807) is 12.2 Å². The molecule has 26 heavy (non-hydrogen) atoms. The summed E-state index contributed by atoms with van der Waals surface area (Å²) in [5, 5.41) is 45.1. The highest BCUT2D eigenvalue weighted by Gasteiger charge is 2.86. The smallest absolute Gasteiger partial charge is 0.203 e. The summed E-state index contributed by atoms with van der Waals surface area (Å²) in [5.74, 6) is -3.67. The van der Waals surface area contributed by atoms with Crippen molar-refractivity contribution in [2.75, 3.05) is 6.61 Å². The number of aliphatic hydroxyl groups is 4. The fourth-order valence-corrected chi connectivity index (χ4v) is 7.50. The summed E-state index contributed by atoms with van der Waals surface area (Å²) in [6.07, 6.45) is 0.773. The van der Waals surface area contributed by atoms with Crippen molar-refractivity contribution >= 4 is 5.78 Å². The second-order valence-corrected chi connectivity index (χ2v) is 9.56. The minimum atomic E-state index is -2.12. The van der Waals surface area contributed by atoms with Crippen molar-refractivity contribution < 1.29 is 30.0 Å². The van der Waals surface area contributed by atoms with Crippen LogP contribution in [0.1, 0.15) is 26.7 Å². The number of hydrogen-bond donors (Lipinski definition) is 4. The Morgan fingerprint density at radius 2 is 1.88 bits per heavy atom. The van der Waals surface area contributed by atoms with Gasteiger partial charge in [0.05, 0.1) is 29.6 Å². The first-order valence-electron chi connectivity index (χ1n) is 9.39. The van der Waals surface area contributed by atoms with E-state index in [1.807, 2.05) is 13.8 Å². The quantitative estimate of drug-likeness (QED) is 0.457. The van der Waals surface area contributed by atoms with E-state index in [4.69, 9.17) is 4.74 Å². The van der Waals surface area contributed by atoms with Crippen molar-refractivity contribution in [3.8, 4) is 0 Å². The molecule has 6 heteroatoms. The average molecular weight is 362 g/mol. The van der Waals surface area contributed by atoms with Crippen molar-refractivity contribution in [3.05, 3.63) is 24.3 Å². The Hall–Kier alpha value is -1.05. The van der Waals surface area contributed by atoms with Crippen LogP contribution < -0.4 is 0 Å². The van der Waals surface area contributed by atoms with Gasteiger partial charge < -0.3 is 25.2 Å². The minimum Gasteiger partial charge on any atom is -0.392 e. The predicted molar refractivity (Wildman–Crippen MR) is 90.6 cm³/mol. The molecule has 6 aliphatic rings. The number of hydrogen-bond acceptors (Lipinski definition) is 6. The molecule has 6 rings (SSSR count). The zero-order valence-corrected chi connectivity index (χ0v) is 15.1. The van der Waals surface area contributed by atoms with E-state index in [1.165, 1.54) is 0 Å². The lowest BCUT2D eigenvalue weighted by Gasteiger charge is -2.73. The minimum absolute atomic E-state index is 0.0131. The molecule has 142 valence electrons. The fourth-order valence-electron chi connectivity index (χ4n) is 7.50. The van der Waals surface area contributed by atoms with Crippen LogP contribution in [0.15, 0.2) is 24.3 Å². The summed E-state index contributed by atoms with van der Waals surface area (Å²) < 4.78 is 5.77. The molecule has 2 aliphatic heterocycles. The highest BCUT2D eigenvalue weighted by atomic mass is 16.6. The van der Waals surface area contributed by atoms with E-state index in [0.29, 0.717) is 18.4 Å². The Balaban J connectivity index is 1.83. The normalized spacial score (nSPS) is 59.3. The molecular formula is C20H26O6. The summed E-state index contributed by atoms with van der Waals surface area (Å²) in [5.41, 5.74) is -2.67. The van der Waals surface area contributed by atoms with E-state index < -0.39 is 52.2 Å². The molecule has 1 unspecified atom stereocenters. The maximum Gasteiger partial charge on any atom is 0.203 e. The van der Waals surface area contributed by atoms with Gasteiger partial charge >= 0.3 is 0 Å². The maximum absolute atomic E-state index is 13.2. The lowest BCUT2D eigenvalue weighted by Crippen LogP contribution is -2.85. The van der Waals surface area contributed by atoms with E-state index >= 15 is 0 Å². The summed E-state index contributed by atoms with van der Waals surface area (Å²) in [6, 6.07) is 0. The number of rotatable bonds is 0. The SMILES string of the molecule is C=C1[C@@H](O)[C@]23C(O)[C@H]1CC[C@H]2[C@@]12CO[C@]3(O)[C@@H](O)[C@@H]1C(C)(C)C=CC2=O. The summed E-state index contributed by atoms with van der Waals surface area (Å²) in [4.78, 5) is 13.2. The third-order valence-corrected chi connectivity index (χ3v) is 8.46. The second kappa shape index (κ2) is 4.50. The highest BCUT2D eigenvalue weighted by Crippen LogP contribution is 2.76. The lowest BCUT2D eigenvalue weighted by molar-refractivity contribution is -0.454. The van der Waals surface area contributed by atoms with Crippen LogP contribution in [0.4, 0.5) is 0 Å². The molecule has 0 radical (unpaired) electrons. The first-order valence-corrected chi connectivity index (χ1v) is 9.39. The van der Waals surface area contributed by atoms with E-state index in [-0.39, 0.29) is 18.3 Å². The van der Waals surface area contributed by atoms with Crippen molar-refractivity contribution in [2.45, 2.75) is 50.8 Å². The van der Waals surface area contributed by atoms with Gasteiger partial charge in [-0.25, -0.2) is 0 Å². The monoisotopic (exact) mass is 362 g/mol. The van der Waals surface area contributed by atoms with Gasteiger partial charge in [0.2, 0.25) is 5.79 Å². The zero-order valence-electron chi connectivity index (χ0n) is 15.1. The molecule has 5 fully saturated rings. The number of ketones is 1. The van der Waals surface area contributed by atoms with E-state index in [0.717, 1.165) is 0 Å². The molecule has 2 heterocycles. The maximum atomic E-state index is 13.2. The molecule has 6 nitrogen and oxygen atoms in total. The molecule has 9 atom stereocenters. The molecule has 3 saturated carbocycles. The largest absolute Gasteiger partial charge is 0.392 e. The molecule has 4 bridgehead atoms. The Morgan fingerprint density at radius 1 is 1.19 bits per heavy atom. The van der Waals surface area contributed by atoms with Gasteiger partial charge in [-0.15, -0.1) is 0 Å². The summed E-state index contributed by atoms with van der Waals surface area (Å²) in [7, 11) is 0. The van der Waals surface area contributed by atoms with Crippen LogP contribution in [-0.2, 0) is 9.53 Å². The van der Waals surface area contributed by atoms with Crippen LogP contribution >= 0.6 is 0 Å². The van der Waals surface area contributed by atoms with Crippen LogP contribution in [-0.4, -0.2) is 56.9 Å². The molecule has 2 saturated heterocycles. The van der Waals surface area contributed by atoms with Gasteiger partial charge in [0.25, 0.3) is 0 Å². The molecule has 4 N–H and O–H groups in total.